The number of amides is 3. The summed E-state index contributed by atoms with van der Waals surface area (Å²) in [6.45, 7) is 12.1. The van der Waals surface area contributed by atoms with E-state index in [2.05, 4.69) is 56.4 Å². The second-order valence-electron chi connectivity index (χ2n) is 14.5. The third-order valence-corrected chi connectivity index (χ3v) is 11.8. The fourth-order valence-electron chi connectivity index (χ4n) is 7.15. The number of fused-ring (bicyclic) bond motifs is 4. The quantitative estimate of drug-likeness (QED) is 0.100. The number of hydrogen-bond acceptors (Lipinski definition) is 10. The Morgan fingerprint density at radius 3 is 2.25 bits per heavy atom. The first-order valence-corrected chi connectivity index (χ1v) is 21.2. The van der Waals surface area contributed by atoms with Crippen molar-refractivity contribution in [2.24, 2.45) is 22.7 Å². The van der Waals surface area contributed by atoms with Crippen molar-refractivity contribution in [1.82, 2.24) is 30.7 Å². The van der Waals surface area contributed by atoms with Gasteiger partial charge in [0, 0.05) is 66.8 Å². The Morgan fingerprint density at radius 1 is 0.877 bits per heavy atom. The van der Waals surface area contributed by atoms with Gasteiger partial charge in [-0.25, -0.2) is 4.79 Å². The Hall–Kier alpha value is -4.29. The zero-order chi connectivity index (χ0) is 40.6. The molecule has 13 nitrogen and oxygen atoms in total. The summed E-state index contributed by atoms with van der Waals surface area (Å²) in [4.78, 5) is 40.5. The molecule has 308 valence electrons. The summed E-state index contributed by atoms with van der Waals surface area (Å²) in [5.41, 5.74) is 4.52. The van der Waals surface area contributed by atoms with Crippen molar-refractivity contribution in [1.29, 1.82) is 0 Å². The summed E-state index contributed by atoms with van der Waals surface area (Å²) in [7, 11) is 0. The van der Waals surface area contributed by atoms with Crippen LogP contribution in [0.15, 0.2) is 29.3 Å². The van der Waals surface area contributed by atoms with E-state index in [0.29, 0.717) is 83.4 Å². The fourth-order valence-corrected chi connectivity index (χ4v) is 8.50. The smallest absolute Gasteiger partial charge is 0.407 e. The van der Waals surface area contributed by atoms with Crippen LogP contribution in [0.4, 0.5) is 4.79 Å². The molecule has 0 radical (unpaired) electrons. The van der Waals surface area contributed by atoms with Gasteiger partial charge in [0.15, 0.2) is 5.82 Å². The van der Waals surface area contributed by atoms with Crippen LogP contribution in [0.3, 0.4) is 0 Å². The zero-order valence-electron chi connectivity index (χ0n) is 33.6. The van der Waals surface area contributed by atoms with Gasteiger partial charge >= 0.3 is 6.09 Å². The third kappa shape index (κ3) is 13.4. The van der Waals surface area contributed by atoms with Crippen molar-refractivity contribution in [3.63, 3.8) is 0 Å². The molecule has 1 aliphatic heterocycles. The highest BCUT2D eigenvalue weighted by molar-refractivity contribution is 7.15. The molecule has 0 bridgehead atoms. The number of nitrogens with one attached hydrogen (secondary N) is 3. The number of carbonyl (C=O) groups is 3. The maximum atomic E-state index is 11.9. The van der Waals surface area contributed by atoms with Crippen molar-refractivity contribution in [2.75, 3.05) is 52.7 Å². The molecule has 1 saturated carbocycles. The molecule has 2 aromatic heterocycles. The largest absolute Gasteiger partial charge is 0.449 e. The lowest BCUT2D eigenvalue weighted by atomic mass is 10.00. The number of halogens is 1. The van der Waals surface area contributed by atoms with E-state index in [1.165, 1.54) is 22.9 Å². The Bertz CT molecular complexity index is 1880. The molecular weight excluding hydrogens is 766 g/mol. The van der Waals surface area contributed by atoms with E-state index in [-0.39, 0.29) is 17.9 Å². The lowest BCUT2D eigenvalue weighted by molar-refractivity contribution is -0.121. The average Bonchev–Trinajstić information content (AvgIpc) is 3.61. The van der Waals surface area contributed by atoms with Crippen molar-refractivity contribution >= 4 is 46.6 Å². The van der Waals surface area contributed by atoms with Crippen LogP contribution in [0, 0.1) is 50.4 Å². The predicted octanol–water partition coefficient (Wildman–Crippen LogP) is 6.26. The molecule has 1 fully saturated rings. The monoisotopic (exact) mass is 821 g/mol. The maximum absolute atomic E-state index is 11.9. The second kappa shape index (κ2) is 22.6. The summed E-state index contributed by atoms with van der Waals surface area (Å²) in [5.74, 6) is 9.97. The van der Waals surface area contributed by atoms with Gasteiger partial charge in [-0.2, -0.15) is 0 Å². The molecule has 2 atom stereocenters. The molecule has 3 aliphatic rings. The molecule has 6 rings (SSSR count). The van der Waals surface area contributed by atoms with Gasteiger partial charge < -0.3 is 30.2 Å². The summed E-state index contributed by atoms with van der Waals surface area (Å²) in [5, 5.41) is 18.7. The second-order valence-corrected chi connectivity index (χ2v) is 16.1. The summed E-state index contributed by atoms with van der Waals surface area (Å²) in [6.07, 6.45) is 6.78. The number of benzene rings is 1. The number of ether oxygens (including phenoxy) is 3. The Kier molecular flexibility index (Phi) is 17.4. The van der Waals surface area contributed by atoms with Gasteiger partial charge in [0.1, 0.15) is 17.4 Å². The number of thiophene rings is 1. The number of hydrogen-bond donors (Lipinski definition) is 3. The topological polar surface area (TPSA) is 158 Å². The molecule has 0 saturated heterocycles. The molecule has 3 N–H and O–H groups in total. The highest BCUT2D eigenvalue weighted by atomic mass is 35.5. The molecule has 15 heteroatoms. The normalized spacial score (nSPS) is 17.6. The van der Waals surface area contributed by atoms with E-state index in [9.17, 15) is 14.4 Å². The first kappa shape index (κ1) is 43.8. The third-order valence-electron chi connectivity index (χ3n) is 10.4. The molecular formula is C42H56ClN7O6S. The van der Waals surface area contributed by atoms with E-state index < -0.39 is 0 Å². The van der Waals surface area contributed by atoms with E-state index >= 15 is 0 Å². The molecule has 3 amide bonds. The molecule has 1 aromatic carbocycles. The van der Waals surface area contributed by atoms with Gasteiger partial charge in [-0.3, -0.25) is 19.1 Å². The number of unbranched alkanes of at least 4 members (excludes halogenated alkanes) is 2. The lowest BCUT2D eigenvalue weighted by Crippen LogP contribution is -2.28. The van der Waals surface area contributed by atoms with Crippen LogP contribution < -0.4 is 16.0 Å². The minimum Gasteiger partial charge on any atom is -0.449 e. The van der Waals surface area contributed by atoms with Gasteiger partial charge in [-0.1, -0.05) is 30.2 Å². The average molecular weight is 822 g/mol. The predicted molar refractivity (Wildman–Crippen MR) is 222 cm³/mol. The van der Waals surface area contributed by atoms with E-state index in [0.717, 1.165) is 77.9 Å². The van der Waals surface area contributed by atoms with Crippen LogP contribution >= 0.6 is 22.9 Å². The first-order chi connectivity index (χ1) is 27.6. The van der Waals surface area contributed by atoms with E-state index in [1.54, 1.807) is 11.3 Å². The number of aliphatic imine (C=N–C) groups is 1. The minimum absolute atomic E-state index is 0.00502. The Balaban J connectivity index is 0.000000232. The lowest BCUT2D eigenvalue weighted by Gasteiger charge is -2.09. The number of aromatic nitrogens is 3. The molecule has 2 aliphatic carbocycles. The zero-order valence-corrected chi connectivity index (χ0v) is 35.2. The number of alkyl carbamates (subject to hydrolysis) is 1. The van der Waals surface area contributed by atoms with Crippen LogP contribution in [0.2, 0.25) is 5.02 Å². The van der Waals surface area contributed by atoms with Crippen molar-refractivity contribution in [3.05, 3.63) is 62.5 Å². The summed E-state index contributed by atoms with van der Waals surface area (Å²) >= 11 is 7.80. The molecule has 0 spiro atoms. The van der Waals surface area contributed by atoms with Gasteiger partial charge in [-0.05, 0) is 81.9 Å². The van der Waals surface area contributed by atoms with Crippen LogP contribution in [0.1, 0.15) is 91.5 Å². The minimum atomic E-state index is -0.341. The summed E-state index contributed by atoms with van der Waals surface area (Å²) < 4.78 is 18.2. The standard InChI is InChI=1S/C25H41N3O6.C17H15ClN4S/c1-20(29)26-13-15-32-17-18-33-16-14-27-24(30)11-7-4-8-12-28-25(31)34-19-23-21-9-5-2-3-6-10-22(21)23;1-9-10(2)23-17-15(9)16(12-4-6-13(18)7-5-12)19-8-14-21-20-11(3)22(14)17/h21-23H,4-19H2,1H3,(H,26,29)(H,27,30)(H,28,31);4-7H,8H2,1-3H3. The Labute approximate surface area is 345 Å². The van der Waals surface area contributed by atoms with Crippen LogP contribution in [-0.2, 0) is 30.3 Å². The van der Waals surface area contributed by atoms with E-state index in [4.69, 9.17) is 30.8 Å². The molecule has 2 unspecified atom stereocenters. The highest BCUT2D eigenvalue weighted by Gasteiger charge is 2.49. The molecule has 3 aromatic rings. The van der Waals surface area contributed by atoms with Crippen LogP contribution in [0.25, 0.3) is 5.00 Å². The molecule has 3 heterocycles. The van der Waals surface area contributed by atoms with Gasteiger partial charge in [-0.15, -0.1) is 33.4 Å². The van der Waals surface area contributed by atoms with Gasteiger partial charge in [0.25, 0.3) is 0 Å². The highest BCUT2D eigenvalue weighted by Crippen LogP contribution is 2.52. The summed E-state index contributed by atoms with van der Waals surface area (Å²) in [6, 6.07) is 7.86. The van der Waals surface area contributed by atoms with Crippen LogP contribution in [-0.4, -0.2) is 91.1 Å². The number of carbonyl (C=O) groups excluding carboxylic acids is 3. The number of rotatable bonds is 18. The molecule has 57 heavy (non-hydrogen) atoms. The van der Waals surface area contributed by atoms with Crippen molar-refractivity contribution in [3.8, 4) is 16.8 Å². The van der Waals surface area contributed by atoms with Crippen molar-refractivity contribution < 1.29 is 28.6 Å². The van der Waals surface area contributed by atoms with Crippen LogP contribution in [0.5, 0.6) is 0 Å². The van der Waals surface area contributed by atoms with E-state index in [1.807, 2.05) is 31.2 Å². The number of nitrogens with zero attached hydrogens (tertiary/aromatic N) is 4. The number of aryl methyl sites for hydroxylation is 2. The Morgan fingerprint density at radius 2 is 1.56 bits per heavy atom. The van der Waals surface area contributed by atoms with Gasteiger partial charge in [0.05, 0.1) is 38.7 Å². The SMILES string of the molecule is CC(=O)NCCOCCOCCNC(=O)CCCCCNC(=O)OCC1C2CCC#CCCC21.Cc1sc2c(c1C)C(c1ccc(Cl)cc1)=NCc1nnc(C)n1-2. The fraction of sp³-hybridized carbons (Fsp3) is 0.571. The first-order valence-electron chi connectivity index (χ1n) is 20.0. The van der Waals surface area contributed by atoms with Gasteiger partial charge in [0.2, 0.25) is 11.8 Å². The maximum Gasteiger partial charge on any atom is 0.407 e. The van der Waals surface area contributed by atoms with Crippen molar-refractivity contribution in [2.45, 2.75) is 85.6 Å².